The third-order valence-electron chi connectivity index (χ3n) is 6.43. The zero-order valence-electron chi connectivity index (χ0n) is 19.2. The lowest BCUT2D eigenvalue weighted by Gasteiger charge is -2.31. The van der Waals surface area contributed by atoms with E-state index in [1.54, 1.807) is 30.0 Å². The number of likely N-dealkylation sites (tertiary alicyclic amines) is 1. The maximum atomic E-state index is 13.1. The Balaban J connectivity index is 1.23. The largest absolute Gasteiger partial charge is 0.360 e. The molecule has 9 nitrogen and oxygen atoms in total. The van der Waals surface area contributed by atoms with Crippen LogP contribution in [0.3, 0.4) is 0 Å². The molecule has 35 heavy (non-hydrogen) atoms. The number of hydrogen-bond donors (Lipinski definition) is 1. The second kappa shape index (κ2) is 9.17. The van der Waals surface area contributed by atoms with E-state index in [4.69, 9.17) is 4.52 Å². The zero-order valence-corrected chi connectivity index (χ0v) is 19.2. The van der Waals surface area contributed by atoms with Crippen molar-refractivity contribution >= 4 is 29.4 Å². The van der Waals surface area contributed by atoms with Gasteiger partial charge in [-0.2, -0.15) is 0 Å². The Kier molecular flexibility index (Phi) is 5.90. The molecule has 1 N–H and O–H groups in total. The highest BCUT2D eigenvalue weighted by Crippen LogP contribution is 2.27. The number of fused-ring (bicyclic) bond motifs is 1. The van der Waals surface area contributed by atoms with E-state index in [9.17, 15) is 19.2 Å². The van der Waals surface area contributed by atoms with Gasteiger partial charge in [0.2, 0.25) is 5.91 Å². The van der Waals surface area contributed by atoms with Crippen LogP contribution < -0.4 is 5.32 Å². The first-order chi connectivity index (χ1) is 16.9. The summed E-state index contributed by atoms with van der Waals surface area (Å²) < 4.78 is 4.97. The van der Waals surface area contributed by atoms with Gasteiger partial charge in [0, 0.05) is 30.6 Å². The quantitative estimate of drug-likeness (QED) is 0.571. The van der Waals surface area contributed by atoms with Gasteiger partial charge in [-0.1, -0.05) is 35.5 Å². The van der Waals surface area contributed by atoms with E-state index in [1.165, 1.54) is 11.0 Å². The van der Waals surface area contributed by atoms with Crippen molar-refractivity contribution in [2.75, 3.05) is 18.4 Å². The summed E-state index contributed by atoms with van der Waals surface area (Å²) in [6.45, 7) is 2.76. The Bertz CT molecular complexity index is 1310. The van der Waals surface area contributed by atoms with Crippen LogP contribution in [0.4, 0.5) is 5.82 Å². The number of anilines is 1. The van der Waals surface area contributed by atoms with E-state index in [-0.39, 0.29) is 35.7 Å². The van der Waals surface area contributed by atoms with Crippen LogP contribution in [0.15, 0.2) is 59.1 Å². The summed E-state index contributed by atoms with van der Waals surface area (Å²) in [5.74, 6) is -0.375. The number of aromatic nitrogens is 1. The molecule has 2 aromatic carbocycles. The number of benzene rings is 2. The van der Waals surface area contributed by atoms with Crippen molar-refractivity contribution in [2.45, 2.75) is 26.3 Å². The zero-order chi connectivity index (χ0) is 24.5. The van der Waals surface area contributed by atoms with Crippen molar-refractivity contribution in [1.82, 2.24) is 15.0 Å². The molecule has 5 rings (SSSR count). The maximum absolute atomic E-state index is 13.1. The minimum absolute atomic E-state index is 0.148. The molecule has 1 aromatic heterocycles. The smallest absolute Gasteiger partial charge is 0.261 e. The average molecular weight is 473 g/mol. The molecule has 4 amide bonds. The number of hydrogen-bond acceptors (Lipinski definition) is 6. The van der Waals surface area contributed by atoms with Crippen LogP contribution in [0.5, 0.6) is 0 Å². The van der Waals surface area contributed by atoms with Crippen molar-refractivity contribution in [1.29, 1.82) is 0 Å². The first-order valence-electron chi connectivity index (χ1n) is 11.5. The second-order valence-electron chi connectivity index (χ2n) is 8.82. The van der Waals surface area contributed by atoms with Gasteiger partial charge in [-0.05, 0) is 43.5 Å². The minimum atomic E-state index is -0.401. The van der Waals surface area contributed by atoms with E-state index in [0.29, 0.717) is 48.6 Å². The first kappa shape index (κ1) is 22.5. The van der Waals surface area contributed by atoms with E-state index < -0.39 is 5.91 Å². The number of nitrogens with zero attached hydrogens (tertiary/aromatic N) is 3. The summed E-state index contributed by atoms with van der Waals surface area (Å²) in [5.41, 5.74) is 1.76. The van der Waals surface area contributed by atoms with Gasteiger partial charge in [-0.15, -0.1) is 0 Å². The number of rotatable bonds is 5. The van der Waals surface area contributed by atoms with Crippen LogP contribution in [-0.4, -0.2) is 51.7 Å². The van der Waals surface area contributed by atoms with Crippen molar-refractivity contribution in [3.05, 3.63) is 82.6 Å². The molecule has 3 heterocycles. The average Bonchev–Trinajstić information content (AvgIpc) is 3.39. The lowest BCUT2D eigenvalue weighted by atomic mass is 9.95. The molecule has 2 aliphatic heterocycles. The molecule has 0 unspecified atom stereocenters. The third kappa shape index (κ3) is 4.44. The van der Waals surface area contributed by atoms with Crippen LogP contribution in [0.2, 0.25) is 0 Å². The molecule has 0 spiro atoms. The van der Waals surface area contributed by atoms with E-state index >= 15 is 0 Å². The standard InChI is InChI=1S/C26H24N4O5/c1-16-13-22(28-35-16)27-23(31)18-9-11-29(12-10-18)24(32)19-7-8-20-21(14-19)26(34)30(25(20)33)15-17-5-3-2-4-6-17/h2-8,13-14,18H,9-12,15H2,1H3,(H,27,28,31). The molecule has 0 radical (unpaired) electrons. The summed E-state index contributed by atoms with van der Waals surface area (Å²) in [6, 6.07) is 15.6. The summed E-state index contributed by atoms with van der Waals surface area (Å²) in [5, 5.41) is 6.52. The first-order valence-corrected chi connectivity index (χ1v) is 11.5. The number of carbonyl (C=O) groups excluding carboxylic acids is 4. The summed E-state index contributed by atoms with van der Waals surface area (Å²) >= 11 is 0. The molecule has 178 valence electrons. The molecule has 0 saturated carbocycles. The molecular weight excluding hydrogens is 448 g/mol. The van der Waals surface area contributed by atoms with E-state index in [0.717, 1.165) is 5.56 Å². The van der Waals surface area contributed by atoms with Crippen LogP contribution in [0.1, 0.15) is 55.2 Å². The Morgan fingerprint density at radius 3 is 2.40 bits per heavy atom. The van der Waals surface area contributed by atoms with Gasteiger partial charge in [0.25, 0.3) is 17.7 Å². The van der Waals surface area contributed by atoms with Gasteiger partial charge in [-0.25, -0.2) is 0 Å². The second-order valence-corrected chi connectivity index (χ2v) is 8.82. The number of nitrogens with one attached hydrogen (secondary N) is 1. The Labute approximate surface area is 201 Å². The number of amides is 4. The number of carbonyl (C=O) groups is 4. The topological polar surface area (TPSA) is 113 Å². The normalized spacial score (nSPS) is 15.9. The van der Waals surface area contributed by atoms with Crippen molar-refractivity contribution < 1.29 is 23.7 Å². The van der Waals surface area contributed by atoms with Crippen LogP contribution in [-0.2, 0) is 11.3 Å². The predicted octanol–water partition coefficient (Wildman–Crippen LogP) is 3.27. The molecule has 0 atom stereocenters. The highest BCUT2D eigenvalue weighted by molar-refractivity contribution is 6.22. The van der Waals surface area contributed by atoms with Gasteiger partial charge in [0.05, 0.1) is 17.7 Å². The predicted molar refractivity (Wildman–Crippen MR) is 126 cm³/mol. The minimum Gasteiger partial charge on any atom is -0.360 e. The van der Waals surface area contributed by atoms with E-state index in [2.05, 4.69) is 10.5 Å². The molecule has 2 aliphatic rings. The summed E-state index contributed by atoms with van der Waals surface area (Å²) in [4.78, 5) is 54.3. The fourth-order valence-electron chi connectivity index (χ4n) is 4.51. The Morgan fingerprint density at radius 2 is 1.71 bits per heavy atom. The third-order valence-corrected chi connectivity index (χ3v) is 6.43. The van der Waals surface area contributed by atoms with Gasteiger partial charge < -0.3 is 14.7 Å². The van der Waals surface area contributed by atoms with Crippen molar-refractivity contribution in [3.8, 4) is 0 Å². The fourth-order valence-corrected chi connectivity index (χ4v) is 4.51. The van der Waals surface area contributed by atoms with Gasteiger partial charge in [0.1, 0.15) is 5.76 Å². The molecule has 1 saturated heterocycles. The molecular formula is C26H24N4O5. The van der Waals surface area contributed by atoms with Gasteiger partial charge >= 0.3 is 0 Å². The van der Waals surface area contributed by atoms with Crippen LogP contribution in [0.25, 0.3) is 0 Å². The van der Waals surface area contributed by atoms with Crippen LogP contribution >= 0.6 is 0 Å². The number of aryl methyl sites for hydroxylation is 1. The van der Waals surface area contributed by atoms with Crippen molar-refractivity contribution in [2.24, 2.45) is 5.92 Å². The molecule has 3 aromatic rings. The lowest BCUT2D eigenvalue weighted by Crippen LogP contribution is -2.41. The lowest BCUT2D eigenvalue weighted by molar-refractivity contribution is -0.121. The SMILES string of the molecule is Cc1cc(NC(=O)C2CCN(C(=O)c3ccc4c(c3)C(=O)N(Cc3ccccc3)C4=O)CC2)no1. The van der Waals surface area contributed by atoms with Gasteiger partial charge in [-0.3, -0.25) is 24.1 Å². The maximum Gasteiger partial charge on any atom is 0.261 e. The highest BCUT2D eigenvalue weighted by Gasteiger charge is 2.36. The Morgan fingerprint density at radius 1 is 1.00 bits per heavy atom. The monoisotopic (exact) mass is 472 g/mol. The summed E-state index contributed by atoms with van der Waals surface area (Å²) in [6.07, 6.45) is 1.03. The Hall–Kier alpha value is -4.27. The van der Waals surface area contributed by atoms with E-state index in [1.807, 2.05) is 30.3 Å². The number of piperidine rings is 1. The molecule has 1 fully saturated rings. The summed E-state index contributed by atoms with van der Waals surface area (Å²) in [7, 11) is 0. The van der Waals surface area contributed by atoms with Gasteiger partial charge in [0.15, 0.2) is 5.82 Å². The highest BCUT2D eigenvalue weighted by atomic mass is 16.5. The molecule has 0 bridgehead atoms. The van der Waals surface area contributed by atoms with Crippen molar-refractivity contribution in [3.63, 3.8) is 0 Å². The molecule has 0 aliphatic carbocycles. The number of imide groups is 1. The van der Waals surface area contributed by atoms with Crippen LogP contribution in [0, 0.1) is 12.8 Å². The fraction of sp³-hybridized carbons (Fsp3) is 0.269. The molecule has 9 heteroatoms.